The molecule has 20 heavy (non-hydrogen) atoms. The molecule has 1 unspecified atom stereocenters. The Kier molecular flexibility index (Phi) is 4.02. The molecule has 1 aromatic heterocycles. The summed E-state index contributed by atoms with van der Waals surface area (Å²) in [4.78, 5) is 22.1. The van der Waals surface area contributed by atoms with Crippen molar-refractivity contribution in [2.24, 2.45) is 15.7 Å². The fourth-order valence-corrected chi connectivity index (χ4v) is 2.19. The summed E-state index contributed by atoms with van der Waals surface area (Å²) in [6.45, 7) is 3.07. The Balaban J connectivity index is 2.45. The maximum atomic E-state index is 12.0. The van der Waals surface area contributed by atoms with E-state index < -0.39 is 24.1 Å². The van der Waals surface area contributed by atoms with Crippen LogP contribution in [0.2, 0.25) is 0 Å². The molecule has 0 radical (unpaired) electrons. The summed E-state index contributed by atoms with van der Waals surface area (Å²) in [6, 6.07) is 0. The normalized spacial score (nSPS) is 26.9. The molecule has 0 aliphatic carbocycles. The first-order valence-electron chi connectivity index (χ1n) is 6.01. The van der Waals surface area contributed by atoms with Crippen molar-refractivity contribution in [1.29, 1.82) is 0 Å². The van der Waals surface area contributed by atoms with Crippen molar-refractivity contribution in [3.05, 3.63) is 16.2 Å². The minimum absolute atomic E-state index is 0.112. The van der Waals surface area contributed by atoms with E-state index in [0.29, 0.717) is 0 Å². The largest absolute Gasteiger partial charge is 0.394 e. The van der Waals surface area contributed by atoms with Crippen molar-refractivity contribution >= 4 is 18.4 Å². The Labute approximate surface area is 114 Å². The first-order valence-corrected chi connectivity index (χ1v) is 6.01. The van der Waals surface area contributed by atoms with E-state index in [2.05, 4.69) is 21.7 Å². The van der Waals surface area contributed by atoms with Crippen molar-refractivity contribution in [2.75, 3.05) is 13.7 Å². The van der Waals surface area contributed by atoms with Gasteiger partial charge >= 0.3 is 5.69 Å². The highest BCUT2D eigenvalue weighted by atomic mass is 16.5. The van der Waals surface area contributed by atoms with Gasteiger partial charge in [-0.25, -0.2) is 14.4 Å². The first-order chi connectivity index (χ1) is 9.53. The van der Waals surface area contributed by atoms with Gasteiger partial charge in [-0.1, -0.05) is 0 Å². The molecule has 110 valence electrons. The second-order valence-electron chi connectivity index (χ2n) is 4.38. The zero-order chi connectivity index (χ0) is 14.9. The summed E-state index contributed by atoms with van der Waals surface area (Å²) >= 11 is 0. The first kappa shape index (κ1) is 14.4. The summed E-state index contributed by atoms with van der Waals surface area (Å²) in [6.07, 6.45) is -2.18. The summed E-state index contributed by atoms with van der Waals surface area (Å²) in [5.74, 6) is 0.300. The molecule has 1 aliphatic rings. The second-order valence-corrected chi connectivity index (χ2v) is 4.38. The number of aliphatic hydroxyl groups excluding tert-OH is 2. The molecule has 0 amide bonds. The minimum Gasteiger partial charge on any atom is -0.394 e. The van der Waals surface area contributed by atoms with Crippen molar-refractivity contribution in [3.8, 4) is 0 Å². The van der Waals surface area contributed by atoms with Gasteiger partial charge in [0, 0.05) is 13.5 Å². The number of aliphatic imine (C=N–C) groups is 2. The number of aromatic nitrogens is 2. The van der Waals surface area contributed by atoms with E-state index in [1.807, 2.05) is 0 Å². The average molecular weight is 283 g/mol. The number of aromatic amines is 1. The summed E-state index contributed by atoms with van der Waals surface area (Å²) < 4.78 is 6.64. The summed E-state index contributed by atoms with van der Waals surface area (Å²) in [5, 5.41) is 18.8. The van der Waals surface area contributed by atoms with Crippen LogP contribution < -0.4 is 11.4 Å². The standard InChI is InChI=1S/C11H17N5O4/c1-13-9(12)8-10(14-2)16(11(19)15-8)7-3-5(18)6(4-17)20-7/h5-7,17-18H,2-4H2,1H3,(H2,12,13)(H,15,19)/t5?,6-,7-/m1/s1. The summed E-state index contributed by atoms with van der Waals surface area (Å²) in [5.41, 5.74) is 5.43. The van der Waals surface area contributed by atoms with Crippen molar-refractivity contribution in [2.45, 2.75) is 24.9 Å². The number of ether oxygens (including phenoxy) is 1. The van der Waals surface area contributed by atoms with Gasteiger partial charge in [0.05, 0.1) is 12.7 Å². The third-order valence-corrected chi connectivity index (χ3v) is 3.22. The van der Waals surface area contributed by atoms with Gasteiger partial charge in [-0.2, -0.15) is 0 Å². The van der Waals surface area contributed by atoms with Gasteiger partial charge < -0.3 is 25.7 Å². The van der Waals surface area contributed by atoms with Crippen LogP contribution in [-0.4, -0.2) is 58.2 Å². The van der Waals surface area contributed by atoms with Crippen molar-refractivity contribution in [3.63, 3.8) is 0 Å². The molecule has 0 saturated carbocycles. The third kappa shape index (κ3) is 2.26. The number of nitrogens with zero attached hydrogens (tertiary/aromatic N) is 3. The Bertz CT molecular complexity index is 590. The van der Waals surface area contributed by atoms with Crippen LogP contribution in [0.1, 0.15) is 18.3 Å². The Morgan fingerprint density at radius 1 is 1.70 bits per heavy atom. The van der Waals surface area contributed by atoms with Gasteiger partial charge in [0.2, 0.25) is 0 Å². The highest BCUT2D eigenvalue weighted by Crippen LogP contribution is 2.31. The lowest BCUT2D eigenvalue weighted by molar-refractivity contribution is -0.0447. The van der Waals surface area contributed by atoms with Crippen LogP contribution in [0.25, 0.3) is 0 Å². The van der Waals surface area contributed by atoms with Gasteiger partial charge in [0.15, 0.2) is 5.82 Å². The van der Waals surface area contributed by atoms with E-state index in [1.54, 1.807) is 0 Å². The lowest BCUT2D eigenvalue weighted by atomic mass is 10.2. The molecule has 0 bridgehead atoms. The number of imidazole rings is 1. The Hall–Kier alpha value is -1.97. The maximum absolute atomic E-state index is 12.0. The average Bonchev–Trinajstić information content (AvgIpc) is 2.97. The monoisotopic (exact) mass is 283 g/mol. The van der Waals surface area contributed by atoms with E-state index >= 15 is 0 Å². The van der Waals surface area contributed by atoms with E-state index in [0.717, 1.165) is 0 Å². The molecule has 1 aromatic rings. The summed E-state index contributed by atoms with van der Waals surface area (Å²) in [7, 11) is 1.48. The van der Waals surface area contributed by atoms with Gasteiger partial charge in [-0.3, -0.25) is 4.99 Å². The zero-order valence-corrected chi connectivity index (χ0v) is 11.0. The molecule has 2 rings (SSSR count). The molecule has 1 fully saturated rings. The van der Waals surface area contributed by atoms with Crippen LogP contribution in [-0.2, 0) is 4.74 Å². The SMILES string of the molecule is C=Nc1c(/C(N)=N\C)[nH]c(=O)n1[C@H]1CC(O)[C@@H](CO)O1. The minimum atomic E-state index is -0.856. The predicted octanol–water partition coefficient (Wildman–Crippen LogP) is -1.52. The molecule has 0 spiro atoms. The number of rotatable bonds is 4. The fourth-order valence-electron chi connectivity index (χ4n) is 2.19. The number of hydrogen-bond donors (Lipinski definition) is 4. The Morgan fingerprint density at radius 3 is 2.90 bits per heavy atom. The number of H-pyrrole nitrogens is 1. The molecular weight excluding hydrogens is 266 g/mol. The van der Waals surface area contributed by atoms with E-state index in [9.17, 15) is 9.90 Å². The predicted molar refractivity (Wildman–Crippen MR) is 72.5 cm³/mol. The highest BCUT2D eigenvalue weighted by molar-refractivity contribution is 5.99. The molecule has 9 nitrogen and oxygen atoms in total. The maximum Gasteiger partial charge on any atom is 0.329 e. The number of nitrogens with one attached hydrogen (secondary N) is 1. The van der Waals surface area contributed by atoms with E-state index in [4.69, 9.17) is 15.6 Å². The Morgan fingerprint density at radius 2 is 2.40 bits per heavy atom. The van der Waals surface area contributed by atoms with Gasteiger partial charge in [-0.05, 0) is 6.72 Å². The van der Waals surface area contributed by atoms with Crippen molar-refractivity contribution in [1.82, 2.24) is 9.55 Å². The molecule has 3 atom stereocenters. The molecular formula is C11H17N5O4. The lowest BCUT2D eigenvalue weighted by Gasteiger charge is -2.13. The van der Waals surface area contributed by atoms with E-state index in [-0.39, 0.29) is 30.4 Å². The fraction of sp³-hybridized carbons (Fsp3) is 0.545. The van der Waals surface area contributed by atoms with Crippen LogP contribution in [0.4, 0.5) is 5.82 Å². The molecule has 5 N–H and O–H groups in total. The molecule has 9 heteroatoms. The van der Waals surface area contributed by atoms with Gasteiger partial charge in [0.1, 0.15) is 23.9 Å². The molecule has 1 aliphatic heterocycles. The quantitative estimate of drug-likeness (QED) is 0.393. The number of aliphatic hydroxyl groups is 2. The van der Waals surface area contributed by atoms with Crippen LogP contribution in [0.5, 0.6) is 0 Å². The topological polar surface area (TPSA) is 138 Å². The van der Waals surface area contributed by atoms with Crippen LogP contribution >= 0.6 is 0 Å². The smallest absolute Gasteiger partial charge is 0.329 e. The lowest BCUT2D eigenvalue weighted by Crippen LogP contribution is -2.25. The van der Waals surface area contributed by atoms with Crippen molar-refractivity contribution < 1.29 is 14.9 Å². The van der Waals surface area contributed by atoms with Gasteiger partial charge in [-0.15, -0.1) is 0 Å². The number of amidine groups is 1. The number of hydrogen-bond acceptors (Lipinski definition) is 6. The van der Waals surface area contributed by atoms with Gasteiger partial charge in [0.25, 0.3) is 0 Å². The van der Waals surface area contributed by atoms with Crippen LogP contribution in [0, 0.1) is 0 Å². The number of nitrogens with two attached hydrogens (primary N) is 1. The highest BCUT2D eigenvalue weighted by Gasteiger charge is 2.37. The third-order valence-electron chi connectivity index (χ3n) is 3.22. The molecule has 2 heterocycles. The van der Waals surface area contributed by atoms with Crippen LogP contribution in [0.3, 0.4) is 0 Å². The molecule has 1 saturated heterocycles. The molecule has 0 aromatic carbocycles. The zero-order valence-electron chi connectivity index (χ0n) is 11.0. The second kappa shape index (κ2) is 5.57. The van der Waals surface area contributed by atoms with E-state index in [1.165, 1.54) is 11.6 Å². The van der Waals surface area contributed by atoms with Crippen LogP contribution in [0.15, 0.2) is 14.8 Å².